The fourth-order valence-electron chi connectivity index (χ4n) is 2.30. The van der Waals surface area contributed by atoms with E-state index in [1.54, 1.807) is 0 Å². The summed E-state index contributed by atoms with van der Waals surface area (Å²) in [5.74, 6) is 0. The minimum absolute atomic E-state index is 0.0571. The van der Waals surface area contributed by atoms with Gasteiger partial charge in [-0.1, -0.05) is 25.1 Å². The van der Waals surface area contributed by atoms with E-state index >= 15 is 0 Å². The summed E-state index contributed by atoms with van der Waals surface area (Å²) in [7, 11) is 0. The average Bonchev–Trinajstić information content (AvgIpc) is 3.17. The SMILES string of the molecule is CCc1ccc(CC(N)c2ccn(-c3ccccc3)n2)s1. The molecular formula is C17H19N3S. The first-order chi connectivity index (χ1) is 10.3. The van der Waals surface area contributed by atoms with E-state index < -0.39 is 0 Å². The quantitative estimate of drug-likeness (QED) is 0.779. The van der Waals surface area contributed by atoms with Gasteiger partial charge in [0.05, 0.1) is 17.4 Å². The molecule has 2 heterocycles. The first kappa shape index (κ1) is 14.0. The van der Waals surface area contributed by atoms with Crippen LogP contribution in [0.4, 0.5) is 0 Å². The number of hydrogen-bond donors (Lipinski definition) is 1. The van der Waals surface area contributed by atoms with Crippen molar-refractivity contribution >= 4 is 11.3 Å². The molecule has 4 heteroatoms. The fraction of sp³-hybridized carbons (Fsp3) is 0.235. The van der Waals surface area contributed by atoms with E-state index in [1.165, 1.54) is 9.75 Å². The molecule has 1 atom stereocenters. The van der Waals surface area contributed by atoms with Crippen LogP contribution in [0.1, 0.15) is 28.4 Å². The third-order valence-electron chi connectivity index (χ3n) is 3.50. The molecule has 0 aliphatic carbocycles. The lowest BCUT2D eigenvalue weighted by atomic mass is 10.1. The first-order valence-corrected chi connectivity index (χ1v) is 8.02. The summed E-state index contributed by atoms with van der Waals surface area (Å²) >= 11 is 1.84. The largest absolute Gasteiger partial charge is 0.322 e. The molecule has 0 aliphatic heterocycles. The molecule has 1 aromatic carbocycles. The summed E-state index contributed by atoms with van der Waals surface area (Å²) in [5.41, 5.74) is 8.29. The normalized spacial score (nSPS) is 12.5. The van der Waals surface area contributed by atoms with Gasteiger partial charge in [0.2, 0.25) is 0 Å². The van der Waals surface area contributed by atoms with Gasteiger partial charge in [-0.15, -0.1) is 11.3 Å². The van der Waals surface area contributed by atoms with E-state index in [0.717, 1.165) is 24.2 Å². The number of para-hydroxylation sites is 1. The van der Waals surface area contributed by atoms with Crippen molar-refractivity contribution in [3.8, 4) is 5.69 Å². The Kier molecular flexibility index (Phi) is 4.18. The zero-order chi connectivity index (χ0) is 14.7. The lowest BCUT2D eigenvalue weighted by Crippen LogP contribution is -2.13. The van der Waals surface area contributed by atoms with Crippen molar-refractivity contribution in [1.29, 1.82) is 0 Å². The molecule has 3 aromatic rings. The van der Waals surface area contributed by atoms with Crippen molar-refractivity contribution < 1.29 is 0 Å². The van der Waals surface area contributed by atoms with Crippen LogP contribution in [0.5, 0.6) is 0 Å². The summed E-state index contributed by atoms with van der Waals surface area (Å²) in [6.45, 7) is 2.18. The van der Waals surface area contributed by atoms with E-state index in [2.05, 4.69) is 24.2 Å². The van der Waals surface area contributed by atoms with Gasteiger partial charge in [-0.25, -0.2) is 4.68 Å². The van der Waals surface area contributed by atoms with Gasteiger partial charge < -0.3 is 5.73 Å². The van der Waals surface area contributed by atoms with E-state index in [9.17, 15) is 0 Å². The molecule has 2 aromatic heterocycles. The van der Waals surface area contributed by atoms with Gasteiger partial charge in [0.15, 0.2) is 0 Å². The summed E-state index contributed by atoms with van der Waals surface area (Å²) in [5, 5.41) is 4.60. The highest BCUT2D eigenvalue weighted by atomic mass is 32.1. The van der Waals surface area contributed by atoms with Gasteiger partial charge in [0.1, 0.15) is 0 Å². The van der Waals surface area contributed by atoms with Crippen LogP contribution in [0.15, 0.2) is 54.7 Å². The number of benzene rings is 1. The Bertz CT molecular complexity index is 700. The van der Waals surface area contributed by atoms with Crippen molar-refractivity contribution in [2.75, 3.05) is 0 Å². The minimum Gasteiger partial charge on any atom is -0.322 e. The summed E-state index contributed by atoms with van der Waals surface area (Å²) in [6, 6.07) is 16.4. The van der Waals surface area contributed by atoms with Gasteiger partial charge in [-0.3, -0.25) is 0 Å². The topological polar surface area (TPSA) is 43.8 Å². The van der Waals surface area contributed by atoms with Gasteiger partial charge in [-0.2, -0.15) is 5.10 Å². The van der Waals surface area contributed by atoms with Crippen molar-refractivity contribution in [1.82, 2.24) is 9.78 Å². The second kappa shape index (κ2) is 6.24. The highest BCUT2D eigenvalue weighted by Gasteiger charge is 2.12. The molecule has 2 N–H and O–H groups in total. The molecule has 21 heavy (non-hydrogen) atoms. The zero-order valence-corrected chi connectivity index (χ0v) is 12.9. The molecule has 0 aliphatic rings. The Labute approximate surface area is 129 Å². The Balaban J connectivity index is 1.73. The first-order valence-electron chi connectivity index (χ1n) is 7.20. The number of nitrogens with zero attached hydrogens (tertiary/aromatic N) is 2. The van der Waals surface area contributed by atoms with Crippen molar-refractivity contribution in [3.05, 3.63) is 70.2 Å². The molecule has 1 unspecified atom stereocenters. The monoisotopic (exact) mass is 297 g/mol. The Morgan fingerprint density at radius 1 is 1.10 bits per heavy atom. The molecule has 0 bridgehead atoms. The molecule has 0 saturated heterocycles. The molecule has 0 amide bonds. The molecule has 0 radical (unpaired) electrons. The average molecular weight is 297 g/mol. The Morgan fingerprint density at radius 2 is 1.86 bits per heavy atom. The molecule has 0 spiro atoms. The fourth-order valence-corrected chi connectivity index (χ4v) is 3.32. The zero-order valence-electron chi connectivity index (χ0n) is 12.1. The Morgan fingerprint density at radius 3 is 2.57 bits per heavy atom. The van der Waals surface area contributed by atoms with Crippen LogP contribution >= 0.6 is 11.3 Å². The second-order valence-corrected chi connectivity index (χ2v) is 6.31. The van der Waals surface area contributed by atoms with Gasteiger partial charge in [-0.05, 0) is 36.8 Å². The number of aromatic nitrogens is 2. The highest BCUT2D eigenvalue weighted by molar-refractivity contribution is 7.11. The maximum Gasteiger partial charge on any atom is 0.0799 e. The number of hydrogen-bond acceptors (Lipinski definition) is 3. The van der Waals surface area contributed by atoms with Crippen LogP contribution < -0.4 is 5.73 Å². The van der Waals surface area contributed by atoms with Crippen LogP contribution in [-0.4, -0.2) is 9.78 Å². The third-order valence-corrected chi connectivity index (χ3v) is 4.75. The van der Waals surface area contributed by atoms with E-state index in [4.69, 9.17) is 5.73 Å². The number of rotatable bonds is 5. The number of thiophene rings is 1. The van der Waals surface area contributed by atoms with Gasteiger partial charge in [0, 0.05) is 22.4 Å². The van der Waals surface area contributed by atoms with Crippen LogP contribution in [0.25, 0.3) is 5.69 Å². The number of aryl methyl sites for hydroxylation is 1. The van der Waals surface area contributed by atoms with Crippen LogP contribution in [0, 0.1) is 0 Å². The maximum absolute atomic E-state index is 6.30. The number of nitrogens with two attached hydrogens (primary N) is 1. The summed E-state index contributed by atoms with van der Waals surface area (Å²) in [6.07, 6.45) is 3.90. The van der Waals surface area contributed by atoms with E-state index in [-0.39, 0.29) is 6.04 Å². The summed E-state index contributed by atoms with van der Waals surface area (Å²) < 4.78 is 1.88. The second-order valence-electron chi connectivity index (χ2n) is 5.05. The van der Waals surface area contributed by atoms with Crippen molar-refractivity contribution in [2.24, 2.45) is 5.73 Å². The van der Waals surface area contributed by atoms with Crippen LogP contribution in [0.2, 0.25) is 0 Å². The third kappa shape index (κ3) is 3.23. The Hall–Kier alpha value is -1.91. The molecule has 3 nitrogen and oxygen atoms in total. The van der Waals surface area contributed by atoms with Crippen LogP contribution in [0.3, 0.4) is 0 Å². The van der Waals surface area contributed by atoms with Gasteiger partial charge in [0.25, 0.3) is 0 Å². The molecule has 3 rings (SSSR count). The smallest absolute Gasteiger partial charge is 0.0799 e. The standard InChI is InChI=1S/C17H19N3S/c1-2-14-8-9-15(21-14)12-16(18)17-10-11-20(19-17)13-6-4-3-5-7-13/h3-11,16H,2,12,18H2,1H3. The maximum atomic E-state index is 6.30. The van der Waals surface area contributed by atoms with Gasteiger partial charge >= 0.3 is 0 Å². The lowest BCUT2D eigenvalue weighted by molar-refractivity contribution is 0.684. The van der Waals surface area contributed by atoms with E-state index in [0.29, 0.717) is 0 Å². The molecule has 0 fully saturated rings. The predicted octanol–water partition coefficient (Wildman–Crippen LogP) is 3.74. The van der Waals surface area contributed by atoms with Crippen molar-refractivity contribution in [3.63, 3.8) is 0 Å². The highest BCUT2D eigenvalue weighted by Crippen LogP contribution is 2.22. The molecular weight excluding hydrogens is 278 g/mol. The predicted molar refractivity (Wildman–Crippen MR) is 87.9 cm³/mol. The minimum atomic E-state index is -0.0571. The lowest BCUT2D eigenvalue weighted by Gasteiger charge is -2.07. The summed E-state index contributed by atoms with van der Waals surface area (Å²) in [4.78, 5) is 2.74. The van der Waals surface area contributed by atoms with E-state index in [1.807, 2.05) is 58.6 Å². The van der Waals surface area contributed by atoms with Crippen molar-refractivity contribution in [2.45, 2.75) is 25.8 Å². The molecule has 0 saturated carbocycles. The van der Waals surface area contributed by atoms with Crippen LogP contribution in [-0.2, 0) is 12.8 Å². The molecule has 108 valence electrons.